The molecule has 1 atom stereocenters. The van der Waals surface area contributed by atoms with Crippen LogP contribution in [0.3, 0.4) is 0 Å². The largest absolute Gasteiger partial charge is 0.468 e. The van der Waals surface area contributed by atoms with E-state index >= 15 is 0 Å². The number of aryl methyl sites for hydroxylation is 1. The Morgan fingerprint density at radius 3 is 2.57 bits per heavy atom. The van der Waals surface area contributed by atoms with Crippen LogP contribution in [0.2, 0.25) is 0 Å². The molecular weight excluding hydrogens is 275 g/mol. The molecule has 0 radical (unpaired) electrons. The second kappa shape index (κ2) is 6.01. The van der Waals surface area contributed by atoms with Gasteiger partial charge in [-0.25, -0.2) is 9.37 Å². The van der Waals surface area contributed by atoms with Gasteiger partial charge in [0, 0.05) is 20.0 Å². The fraction of sp³-hybridized carbons (Fsp3) is 0.357. The Labute approximate surface area is 121 Å². The van der Waals surface area contributed by atoms with E-state index in [4.69, 9.17) is 10.5 Å². The number of benzene rings is 1. The van der Waals surface area contributed by atoms with Gasteiger partial charge < -0.3 is 10.5 Å². The Morgan fingerprint density at radius 2 is 2.10 bits per heavy atom. The van der Waals surface area contributed by atoms with E-state index < -0.39 is 11.4 Å². The van der Waals surface area contributed by atoms with E-state index in [0.717, 1.165) is 0 Å². The zero-order valence-electron chi connectivity index (χ0n) is 11.9. The van der Waals surface area contributed by atoms with Crippen molar-refractivity contribution in [3.63, 3.8) is 0 Å². The fourth-order valence-corrected chi connectivity index (χ4v) is 2.28. The van der Waals surface area contributed by atoms with Crippen LogP contribution in [0.5, 0.6) is 0 Å². The third-order valence-corrected chi connectivity index (χ3v) is 3.59. The molecule has 0 aliphatic rings. The van der Waals surface area contributed by atoms with Crippen LogP contribution in [0.4, 0.5) is 4.39 Å². The predicted octanol–water partition coefficient (Wildman–Crippen LogP) is 0.566. The molecule has 0 saturated carbocycles. The van der Waals surface area contributed by atoms with Crippen molar-refractivity contribution in [3.05, 3.63) is 47.8 Å². The highest BCUT2D eigenvalue weighted by molar-refractivity contribution is 5.83. The van der Waals surface area contributed by atoms with Crippen LogP contribution in [0, 0.1) is 5.82 Å². The second-order valence-electron chi connectivity index (χ2n) is 4.76. The number of carbonyl (C=O) groups excluding carboxylic acids is 1. The Morgan fingerprint density at radius 1 is 1.43 bits per heavy atom. The van der Waals surface area contributed by atoms with Crippen molar-refractivity contribution >= 4 is 5.97 Å². The minimum absolute atomic E-state index is 0.0121. The van der Waals surface area contributed by atoms with E-state index in [2.05, 4.69) is 10.1 Å². The molecule has 0 spiro atoms. The van der Waals surface area contributed by atoms with Gasteiger partial charge in [0.1, 0.15) is 23.4 Å². The highest BCUT2D eigenvalue weighted by Gasteiger charge is 2.41. The molecule has 2 rings (SSSR count). The monoisotopic (exact) mass is 292 g/mol. The summed E-state index contributed by atoms with van der Waals surface area (Å²) in [5.74, 6) is -0.275. The van der Waals surface area contributed by atoms with E-state index in [-0.39, 0.29) is 18.8 Å². The lowest BCUT2D eigenvalue weighted by Gasteiger charge is -2.29. The molecule has 2 N–H and O–H groups in total. The fourth-order valence-electron chi connectivity index (χ4n) is 2.28. The van der Waals surface area contributed by atoms with Crippen LogP contribution >= 0.6 is 0 Å². The topological polar surface area (TPSA) is 83.0 Å². The van der Waals surface area contributed by atoms with Gasteiger partial charge >= 0.3 is 5.97 Å². The van der Waals surface area contributed by atoms with Crippen LogP contribution in [0.15, 0.2) is 30.6 Å². The number of nitrogens with two attached hydrogens (primary N) is 1. The Kier molecular flexibility index (Phi) is 4.32. The number of ether oxygens (including phenoxy) is 1. The van der Waals surface area contributed by atoms with Crippen molar-refractivity contribution in [2.75, 3.05) is 13.7 Å². The number of esters is 1. The van der Waals surface area contributed by atoms with Gasteiger partial charge in [0.2, 0.25) is 0 Å². The normalized spacial score (nSPS) is 13.7. The first-order chi connectivity index (χ1) is 10.0. The third-order valence-electron chi connectivity index (χ3n) is 3.59. The number of nitrogens with zero attached hydrogens (tertiary/aromatic N) is 3. The summed E-state index contributed by atoms with van der Waals surface area (Å²) in [6.07, 6.45) is 1.62. The molecule has 0 bridgehead atoms. The molecule has 1 aromatic heterocycles. The lowest BCUT2D eigenvalue weighted by molar-refractivity contribution is -0.147. The molecule has 0 aliphatic carbocycles. The van der Waals surface area contributed by atoms with Crippen LogP contribution in [0.25, 0.3) is 0 Å². The van der Waals surface area contributed by atoms with Gasteiger partial charge in [-0.2, -0.15) is 5.10 Å². The molecule has 0 aliphatic heterocycles. The van der Waals surface area contributed by atoms with Gasteiger partial charge in [-0.15, -0.1) is 0 Å². The first-order valence-corrected chi connectivity index (χ1v) is 6.41. The molecule has 1 unspecified atom stereocenters. The first-order valence-electron chi connectivity index (χ1n) is 6.41. The minimum atomic E-state index is -1.12. The molecule has 0 amide bonds. The summed E-state index contributed by atoms with van der Waals surface area (Å²) in [5, 5.41) is 3.98. The average Bonchev–Trinajstić information content (AvgIpc) is 2.90. The lowest BCUT2D eigenvalue weighted by Crippen LogP contribution is -2.46. The van der Waals surface area contributed by atoms with E-state index in [0.29, 0.717) is 11.4 Å². The highest BCUT2D eigenvalue weighted by atomic mass is 19.1. The number of aromatic nitrogens is 3. The molecule has 112 valence electrons. The maximum Gasteiger partial charge on any atom is 0.318 e. The van der Waals surface area contributed by atoms with E-state index in [1.807, 2.05) is 0 Å². The molecule has 1 aromatic carbocycles. The summed E-state index contributed by atoms with van der Waals surface area (Å²) in [4.78, 5) is 16.5. The summed E-state index contributed by atoms with van der Waals surface area (Å²) in [5.41, 5.74) is 5.33. The smallest absolute Gasteiger partial charge is 0.318 e. The van der Waals surface area contributed by atoms with Crippen molar-refractivity contribution in [3.8, 4) is 0 Å². The summed E-state index contributed by atoms with van der Waals surface area (Å²) in [7, 11) is 3.03. The zero-order chi connectivity index (χ0) is 15.5. The number of hydrogen-bond acceptors (Lipinski definition) is 5. The Hall–Kier alpha value is -2.28. The van der Waals surface area contributed by atoms with Gasteiger partial charge in [0.25, 0.3) is 0 Å². The van der Waals surface area contributed by atoms with Gasteiger partial charge in [-0.1, -0.05) is 12.1 Å². The van der Waals surface area contributed by atoms with Crippen molar-refractivity contribution in [2.24, 2.45) is 12.8 Å². The van der Waals surface area contributed by atoms with Crippen molar-refractivity contribution in [1.82, 2.24) is 14.8 Å². The van der Waals surface area contributed by atoms with E-state index in [1.165, 1.54) is 37.7 Å². The van der Waals surface area contributed by atoms with Crippen LogP contribution in [-0.2, 0) is 28.4 Å². The number of hydrogen-bond donors (Lipinski definition) is 1. The van der Waals surface area contributed by atoms with E-state index in [1.54, 1.807) is 11.7 Å². The zero-order valence-corrected chi connectivity index (χ0v) is 11.9. The summed E-state index contributed by atoms with van der Waals surface area (Å²) in [6, 6.07) is 5.66. The third kappa shape index (κ3) is 2.78. The van der Waals surface area contributed by atoms with Crippen molar-refractivity contribution in [2.45, 2.75) is 11.8 Å². The SMILES string of the molecule is COC(=O)C(CN)(Cc1ncnn1C)c1ccc(F)cc1. The number of methoxy groups -OCH3 is 1. The van der Waals surface area contributed by atoms with Gasteiger partial charge in [-0.3, -0.25) is 9.48 Å². The second-order valence-corrected chi connectivity index (χ2v) is 4.76. The molecule has 7 heteroatoms. The number of halogens is 1. The standard InChI is InChI=1S/C14H17FN4O2/c1-19-12(17-9-18-19)7-14(8-16,13(20)21-2)10-3-5-11(15)6-4-10/h3-6,9H,7-8,16H2,1-2H3. The molecule has 1 heterocycles. The quantitative estimate of drug-likeness (QED) is 0.814. The molecule has 0 saturated heterocycles. The van der Waals surface area contributed by atoms with Crippen LogP contribution < -0.4 is 5.73 Å². The maximum atomic E-state index is 13.1. The van der Waals surface area contributed by atoms with Crippen LogP contribution in [-0.4, -0.2) is 34.4 Å². The molecular formula is C14H17FN4O2. The van der Waals surface area contributed by atoms with E-state index in [9.17, 15) is 9.18 Å². The Balaban J connectivity index is 2.50. The Bertz CT molecular complexity index is 626. The van der Waals surface area contributed by atoms with Gasteiger partial charge in [0.15, 0.2) is 0 Å². The number of carbonyl (C=O) groups is 1. The van der Waals surface area contributed by atoms with Gasteiger partial charge in [0.05, 0.1) is 7.11 Å². The number of rotatable bonds is 5. The molecule has 6 nitrogen and oxygen atoms in total. The maximum absolute atomic E-state index is 13.1. The molecule has 2 aromatic rings. The average molecular weight is 292 g/mol. The predicted molar refractivity (Wildman–Crippen MR) is 73.9 cm³/mol. The molecule has 0 fully saturated rings. The van der Waals surface area contributed by atoms with Crippen molar-refractivity contribution in [1.29, 1.82) is 0 Å². The summed E-state index contributed by atoms with van der Waals surface area (Å²) < 4.78 is 19.6. The first kappa shape index (κ1) is 15.1. The summed E-state index contributed by atoms with van der Waals surface area (Å²) in [6.45, 7) is 0.0121. The van der Waals surface area contributed by atoms with Crippen molar-refractivity contribution < 1.29 is 13.9 Å². The highest BCUT2D eigenvalue weighted by Crippen LogP contribution is 2.29. The lowest BCUT2D eigenvalue weighted by atomic mass is 9.77. The summed E-state index contributed by atoms with van der Waals surface area (Å²) >= 11 is 0. The minimum Gasteiger partial charge on any atom is -0.468 e. The molecule has 21 heavy (non-hydrogen) atoms. The van der Waals surface area contributed by atoms with Crippen LogP contribution in [0.1, 0.15) is 11.4 Å². The van der Waals surface area contributed by atoms with Gasteiger partial charge in [-0.05, 0) is 17.7 Å².